The third kappa shape index (κ3) is 1.50. The monoisotopic (exact) mass is 182 g/mol. The summed E-state index contributed by atoms with van der Waals surface area (Å²) in [6.45, 7) is 8.48. The normalized spacial score (nSPS) is 30.0. The highest BCUT2D eigenvalue weighted by Gasteiger charge is 2.46. The van der Waals surface area contributed by atoms with E-state index in [4.69, 9.17) is 0 Å². The van der Waals surface area contributed by atoms with Crippen molar-refractivity contribution in [3.8, 4) is 0 Å². The van der Waals surface area contributed by atoms with Gasteiger partial charge in [0, 0.05) is 18.1 Å². The lowest BCUT2D eigenvalue weighted by Crippen LogP contribution is -2.66. The van der Waals surface area contributed by atoms with Crippen LogP contribution in [-0.2, 0) is 0 Å². The number of hydrogen-bond acceptors (Lipinski definition) is 2. The van der Waals surface area contributed by atoms with Gasteiger partial charge in [-0.1, -0.05) is 6.92 Å². The maximum atomic E-state index is 3.46. The second kappa shape index (κ2) is 3.58. The molecule has 0 aromatic heterocycles. The molecule has 0 aromatic carbocycles. The molecule has 2 fully saturated rings. The van der Waals surface area contributed by atoms with E-state index >= 15 is 0 Å². The van der Waals surface area contributed by atoms with E-state index < -0.39 is 0 Å². The fraction of sp³-hybridized carbons (Fsp3) is 1.00. The fourth-order valence-electron chi connectivity index (χ4n) is 2.89. The van der Waals surface area contributed by atoms with Gasteiger partial charge in [0.2, 0.25) is 0 Å². The van der Waals surface area contributed by atoms with Gasteiger partial charge in [0.05, 0.1) is 0 Å². The van der Waals surface area contributed by atoms with Crippen LogP contribution in [0, 0.1) is 0 Å². The van der Waals surface area contributed by atoms with E-state index in [1.807, 2.05) is 0 Å². The molecule has 2 rings (SSSR count). The number of likely N-dealkylation sites (tertiary alicyclic amines) is 1. The summed E-state index contributed by atoms with van der Waals surface area (Å²) in [5.74, 6) is 0. The molecular formula is C11H22N2. The van der Waals surface area contributed by atoms with Crippen molar-refractivity contribution in [3.05, 3.63) is 0 Å². The van der Waals surface area contributed by atoms with Crippen LogP contribution in [0.2, 0.25) is 0 Å². The molecule has 0 radical (unpaired) electrons. The standard InChI is InChI=1S/C11H22N2/c1-3-10(2)13-9-6-11(13)4-7-12-8-5-11/h10,12H,3-9H2,1-2H3. The molecule has 2 nitrogen and oxygen atoms in total. The van der Waals surface area contributed by atoms with Gasteiger partial charge in [-0.2, -0.15) is 0 Å². The Morgan fingerprint density at radius 1 is 1.31 bits per heavy atom. The van der Waals surface area contributed by atoms with E-state index in [0.29, 0.717) is 5.54 Å². The Morgan fingerprint density at radius 3 is 2.46 bits per heavy atom. The van der Waals surface area contributed by atoms with E-state index in [0.717, 1.165) is 6.04 Å². The first-order chi connectivity index (χ1) is 6.28. The van der Waals surface area contributed by atoms with Crippen molar-refractivity contribution in [1.82, 2.24) is 10.2 Å². The van der Waals surface area contributed by atoms with E-state index in [-0.39, 0.29) is 0 Å². The molecule has 0 aromatic rings. The predicted octanol–water partition coefficient (Wildman–Crippen LogP) is 1.61. The number of hydrogen-bond donors (Lipinski definition) is 1. The fourth-order valence-corrected chi connectivity index (χ4v) is 2.89. The van der Waals surface area contributed by atoms with Gasteiger partial charge >= 0.3 is 0 Å². The lowest BCUT2D eigenvalue weighted by molar-refractivity contribution is -0.0652. The van der Waals surface area contributed by atoms with Gasteiger partial charge in [-0.3, -0.25) is 4.90 Å². The van der Waals surface area contributed by atoms with Crippen molar-refractivity contribution >= 4 is 0 Å². The summed E-state index contributed by atoms with van der Waals surface area (Å²) in [6, 6.07) is 0.798. The molecule has 2 aliphatic rings. The van der Waals surface area contributed by atoms with E-state index in [1.165, 1.54) is 45.3 Å². The Balaban J connectivity index is 1.98. The molecule has 76 valence electrons. The third-order valence-electron chi connectivity index (χ3n) is 4.08. The van der Waals surface area contributed by atoms with Crippen molar-refractivity contribution in [2.75, 3.05) is 19.6 Å². The lowest BCUT2D eigenvalue weighted by Gasteiger charge is -2.57. The Bertz CT molecular complexity index is 173. The van der Waals surface area contributed by atoms with Crippen molar-refractivity contribution < 1.29 is 0 Å². The number of nitrogens with zero attached hydrogens (tertiary/aromatic N) is 1. The zero-order valence-electron chi connectivity index (χ0n) is 8.97. The summed E-state index contributed by atoms with van der Waals surface area (Å²) >= 11 is 0. The molecule has 13 heavy (non-hydrogen) atoms. The highest BCUT2D eigenvalue weighted by atomic mass is 15.3. The molecule has 1 unspecified atom stereocenters. The van der Waals surface area contributed by atoms with Crippen LogP contribution in [0.1, 0.15) is 39.5 Å². The van der Waals surface area contributed by atoms with Gasteiger partial charge in [-0.15, -0.1) is 0 Å². The smallest absolute Gasteiger partial charge is 0.0248 e. The summed E-state index contributed by atoms with van der Waals surface area (Å²) in [5.41, 5.74) is 0.612. The van der Waals surface area contributed by atoms with Crippen molar-refractivity contribution in [1.29, 1.82) is 0 Å². The quantitative estimate of drug-likeness (QED) is 0.698. The Labute approximate surface area is 81.7 Å². The minimum atomic E-state index is 0.612. The summed E-state index contributed by atoms with van der Waals surface area (Å²) in [5, 5.41) is 3.46. The van der Waals surface area contributed by atoms with Crippen LogP contribution >= 0.6 is 0 Å². The van der Waals surface area contributed by atoms with Crippen LogP contribution in [-0.4, -0.2) is 36.1 Å². The van der Waals surface area contributed by atoms with Gasteiger partial charge in [-0.25, -0.2) is 0 Å². The highest BCUT2D eigenvalue weighted by Crippen LogP contribution is 2.40. The molecule has 0 bridgehead atoms. The lowest BCUT2D eigenvalue weighted by atomic mass is 9.75. The Kier molecular flexibility index (Phi) is 2.61. The second-order valence-corrected chi connectivity index (χ2v) is 4.68. The van der Waals surface area contributed by atoms with Gasteiger partial charge in [-0.05, 0) is 45.7 Å². The highest BCUT2D eigenvalue weighted by molar-refractivity contribution is 5.03. The average Bonchev–Trinajstić information content (AvgIpc) is 2.17. The minimum absolute atomic E-state index is 0.612. The van der Waals surface area contributed by atoms with Gasteiger partial charge < -0.3 is 5.32 Å². The first-order valence-electron chi connectivity index (χ1n) is 5.76. The van der Waals surface area contributed by atoms with Crippen molar-refractivity contribution in [3.63, 3.8) is 0 Å². The summed E-state index contributed by atoms with van der Waals surface area (Å²) in [7, 11) is 0. The predicted molar refractivity (Wildman–Crippen MR) is 55.9 cm³/mol. The van der Waals surface area contributed by atoms with Gasteiger partial charge in [0.15, 0.2) is 0 Å². The minimum Gasteiger partial charge on any atom is -0.317 e. The molecule has 0 aliphatic carbocycles. The molecule has 1 atom stereocenters. The Hall–Kier alpha value is -0.0800. The molecule has 1 spiro atoms. The third-order valence-corrected chi connectivity index (χ3v) is 4.08. The van der Waals surface area contributed by atoms with E-state index in [1.54, 1.807) is 0 Å². The maximum Gasteiger partial charge on any atom is 0.0248 e. The van der Waals surface area contributed by atoms with Gasteiger partial charge in [0.1, 0.15) is 0 Å². The van der Waals surface area contributed by atoms with Crippen molar-refractivity contribution in [2.45, 2.75) is 51.1 Å². The molecule has 2 aliphatic heterocycles. The molecular weight excluding hydrogens is 160 g/mol. The zero-order chi connectivity index (χ0) is 9.31. The van der Waals surface area contributed by atoms with Crippen LogP contribution in [0.4, 0.5) is 0 Å². The van der Waals surface area contributed by atoms with Crippen LogP contribution in [0.3, 0.4) is 0 Å². The molecule has 1 N–H and O–H groups in total. The molecule has 0 saturated carbocycles. The van der Waals surface area contributed by atoms with Crippen molar-refractivity contribution in [2.24, 2.45) is 0 Å². The summed E-state index contributed by atoms with van der Waals surface area (Å²) < 4.78 is 0. The summed E-state index contributed by atoms with van der Waals surface area (Å²) in [6.07, 6.45) is 5.49. The van der Waals surface area contributed by atoms with Crippen LogP contribution in [0.25, 0.3) is 0 Å². The number of nitrogens with one attached hydrogen (secondary N) is 1. The zero-order valence-corrected chi connectivity index (χ0v) is 8.97. The molecule has 0 amide bonds. The van der Waals surface area contributed by atoms with E-state index in [9.17, 15) is 0 Å². The first-order valence-corrected chi connectivity index (χ1v) is 5.76. The number of rotatable bonds is 2. The van der Waals surface area contributed by atoms with Gasteiger partial charge in [0.25, 0.3) is 0 Å². The molecule has 2 heteroatoms. The summed E-state index contributed by atoms with van der Waals surface area (Å²) in [4.78, 5) is 2.74. The average molecular weight is 182 g/mol. The van der Waals surface area contributed by atoms with Crippen LogP contribution < -0.4 is 5.32 Å². The molecule has 2 saturated heterocycles. The van der Waals surface area contributed by atoms with E-state index in [2.05, 4.69) is 24.1 Å². The first kappa shape index (κ1) is 9.47. The van der Waals surface area contributed by atoms with Crippen LogP contribution in [0.5, 0.6) is 0 Å². The molecule has 2 heterocycles. The number of piperidine rings is 1. The largest absolute Gasteiger partial charge is 0.317 e. The maximum absolute atomic E-state index is 3.46. The Morgan fingerprint density at radius 2 is 2.00 bits per heavy atom. The topological polar surface area (TPSA) is 15.3 Å². The second-order valence-electron chi connectivity index (χ2n) is 4.68. The SMILES string of the molecule is CCC(C)N1CCC12CCNCC2. The van der Waals surface area contributed by atoms with Crippen LogP contribution in [0.15, 0.2) is 0 Å².